The Kier molecular flexibility index (Phi) is 5.29. The monoisotopic (exact) mass is 341 g/mol. The number of nitro groups is 1. The molecule has 0 aliphatic carbocycles. The van der Waals surface area contributed by atoms with E-state index in [9.17, 15) is 14.9 Å². The molecule has 0 saturated heterocycles. The van der Waals surface area contributed by atoms with Gasteiger partial charge in [0.15, 0.2) is 6.61 Å². The van der Waals surface area contributed by atoms with Crippen molar-refractivity contribution in [1.29, 1.82) is 0 Å². The zero-order valence-corrected chi connectivity index (χ0v) is 13.1. The number of nitrogens with zero attached hydrogens (tertiary/aromatic N) is 3. The van der Waals surface area contributed by atoms with E-state index in [4.69, 9.17) is 16.3 Å². The second-order valence-corrected chi connectivity index (χ2v) is 6.13. The maximum absolute atomic E-state index is 12.0. The van der Waals surface area contributed by atoms with Crippen LogP contribution in [0.2, 0.25) is 4.34 Å². The highest BCUT2D eigenvalue weighted by Crippen LogP contribution is 2.24. The molecule has 2 aromatic rings. The number of ether oxygens (including phenoxy) is 1. The molecule has 22 heavy (non-hydrogen) atoms. The van der Waals surface area contributed by atoms with E-state index in [2.05, 4.69) is 4.98 Å². The van der Waals surface area contributed by atoms with E-state index in [0.717, 1.165) is 4.88 Å². The zero-order chi connectivity index (χ0) is 16.1. The van der Waals surface area contributed by atoms with Crippen LogP contribution in [-0.4, -0.2) is 34.4 Å². The summed E-state index contributed by atoms with van der Waals surface area (Å²) < 4.78 is 5.86. The Bertz CT molecular complexity index is 691. The van der Waals surface area contributed by atoms with E-state index in [1.54, 1.807) is 13.1 Å². The molecule has 9 heteroatoms. The molecule has 1 amide bonds. The van der Waals surface area contributed by atoms with Gasteiger partial charge in [0.05, 0.1) is 10.9 Å². The number of carbonyl (C=O) groups excluding carboxylic acids is 1. The van der Waals surface area contributed by atoms with Crippen molar-refractivity contribution >= 4 is 34.7 Å². The van der Waals surface area contributed by atoms with Gasteiger partial charge >= 0.3 is 5.82 Å². The molecule has 0 atom stereocenters. The van der Waals surface area contributed by atoms with Crippen LogP contribution in [0.15, 0.2) is 30.5 Å². The Balaban J connectivity index is 1.93. The summed E-state index contributed by atoms with van der Waals surface area (Å²) in [6.45, 7) is 0.0941. The quantitative estimate of drug-likeness (QED) is 0.595. The first-order valence-corrected chi connectivity index (χ1v) is 7.37. The van der Waals surface area contributed by atoms with Crippen molar-refractivity contribution in [2.24, 2.45) is 0 Å². The summed E-state index contributed by atoms with van der Waals surface area (Å²) >= 11 is 7.22. The largest absolute Gasteiger partial charge is 0.476 e. The molecule has 0 fully saturated rings. The number of rotatable bonds is 6. The molecule has 0 aliphatic heterocycles. The predicted octanol–water partition coefficient (Wildman–Crippen LogP) is 2.74. The molecule has 0 bridgehead atoms. The molecule has 2 aromatic heterocycles. The van der Waals surface area contributed by atoms with Crippen molar-refractivity contribution in [3.63, 3.8) is 0 Å². The van der Waals surface area contributed by atoms with Crippen LogP contribution in [0.1, 0.15) is 4.88 Å². The van der Waals surface area contributed by atoms with Gasteiger partial charge in [-0.15, -0.1) is 11.3 Å². The molecule has 0 aliphatic rings. The molecular formula is C13H12ClN3O4S. The van der Waals surface area contributed by atoms with Crippen molar-refractivity contribution in [3.05, 3.63) is 49.8 Å². The summed E-state index contributed by atoms with van der Waals surface area (Å²) in [5, 5.41) is 10.8. The minimum absolute atomic E-state index is 0.0339. The van der Waals surface area contributed by atoms with Crippen LogP contribution in [-0.2, 0) is 11.3 Å². The highest BCUT2D eigenvalue weighted by Gasteiger charge is 2.18. The number of likely N-dealkylation sites (N-methyl/N-ethyl adjacent to an activating group) is 1. The van der Waals surface area contributed by atoms with Crippen LogP contribution in [0.4, 0.5) is 5.82 Å². The van der Waals surface area contributed by atoms with Crippen molar-refractivity contribution in [1.82, 2.24) is 9.88 Å². The molecule has 116 valence electrons. The van der Waals surface area contributed by atoms with Gasteiger partial charge in [-0.05, 0) is 34.2 Å². The second-order valence-electron chi connectivity index (χ2n) is 4.33. The van der Waals surface area contributed by atoms with Gasteiger partial charge in [0, 0.05) is 11.9 Å². The number of thiophene rings is 1. The lowest BCUT2D eigenvalue weighted by Crippen LogP contribution is -2.30. The van der Waals surface area contributed by atoms with Crippen molar-refractivity contribution in [2.45, 2.75) is 6.54 Å². The molecule has 0 aromatic carbocycles. The summed E-state index contributed by atoms with van der Waals surface area (Å²) in [7, 11) is 1.62. The Morgan fingerprint density at radius 1 is 1.50 bits per heavy atom. The second kappa shape index (κ2) is 7.19. The number of halogens is 1. The summed E-state index contributed by atoms with van der Waals surface area (Å²) in [5.74, 6) is -0.751. The van der Waals surface area contributed by atoms with E-state index >= 15 is 0 Å². The molecule has 0 N–H and O–H groups in total. The highest BCUT2D eigenvalue weighted by molar-refractivity contribution is 7.16. The number of carbonyl (C=O) groups is 1. The van der Waals surface area contributed by atoms with Crippen LogP contribution >= 0.6 is 22.9 Å². The van der Waals surface area contributed by atoms with Crippen LogP contribution < -0.4 is 4.74 Å². The number of hydrogen-bond acceptors (Lipinski definition) is 6. The first-order valence-electron chi connectivity index (χ1n) is 6.17. The fourth-order valence-corrected chi connectivity index (χ4v) is 2.78. The van der Waals surface area contributed by atoms with E-state index in [1.165, 1.54) is 34.6 Å². The lowest BCUT2D eigenvalue weighted by molar-refractivity contribution is -0.390. The third-order valence-electron chi connectivity index (χ3n) is 2.72. The zero-order valence-electron chi connectivity index (χ0n) is 11.6. The number of hydrogen-bond donors (Lipinski definition) is 0. The lowest BCUT2D eigenvalue weighted by Gasteiger charge is -2.16. The van der Waals surface area contributed by atoms with Gasteiger partial charge < -0.3 is 19.8 Å². The van der Waals surface area contributed by atoms with Crippen molar-refractivity contribution in [3.8, 4) is 5.75 Å². The standard InChI is InChI=1S/C13H12ClN3O4S/c1-16(7-9-4-5-11(14)22-9)12(18)8-21-10-3-2-6-15-13(10)17(19)20/h2-6H,7-8H2,1H3. The van der Waals surface area contributed by atoms with E-state index in [1.807, 2.05) is 6.07 Å². The Hall–Kier alpha value is -2.19. The molecule has 0 radical (unpaired) electrons. The van der Waals surface area contributed by atoms with Crippen molar-refractivity contribution in [2.75, 3.05) is 13.7 Å². The first kappa shape index (κ1) is 16.2. The summed E-state index contributed by atoms with van der Waals surface area (Å²) in [6, 6.07) is 6.50. The molecule has 0 unspecified atom stereocenters. The van der Waals surface area contributed by atoms with Crippen LogP contribution in [0.5, 0.6) is 5.75 Å². The SMILES string of the molecule is CN(Cc1ccc(Cl)s1)C(=O)COc1cccnc1[N+](=O)[O-]. The van der Waals surface area contributed by atoms with Gasteiger partial charge in [-0.1, -0.05) is 11.6 Å². The molecule has 2 heterocycles. The molecule has 2 rings (SSSR count). The van der Waals surface area contributed by atoms with Gasteiger partial charge in [0.1, 0.15) is 6.20 Å². The van der Waals surface area contributed by atoms with Gasteiger partial charge in [-0.2, -0.15) is 0 Å². The number of amides is 1. The van der Waals surface area contributed by atoms with Crippen LogP contribution in [0.25, 0.3) is 0 Å². The van der Waals surface area contributed by atoms with Gasteiger partial charge in [-0.3, -0.25) is 4.79 Å². The van der Waals surface area contributed by atoms with E-state index in [-0.39, 0.29) is 18.3 Å². The van der Waals surface area contributed by atoms with E-state index in [0.29, 0.717) is 10.9 Å². The number of aromatic nitrogens is 1. The Morgan fingerprint density at radius 3 is 2.91 bits per heavy atom. The Labute approximate surface area is 135 Å². The van der Waals surface area contributed by atoms with E-state index < -0.39 is 10.7 Å². The minimum Gasteiger partial charge on any atom is -0.476 e. The smallest absolute Gasteiger partial charge is 0.406 e. The molecular weight excluding hydrogens is 330 g/mol. The third-order valence-corrected chi connectivity index (χ3v) is 3.94. The maximum Gasteiger partial charge on any atom is 0.406 e. The minimum atomic E-state index is -0.656. The molecule has 0 saturated carbocycles. The number of pyridine rings is 1. The summed E-state index contributed by atoms with van der Waals surface area (Å²) in [6.07, 6.45) is 1.29. The fourth-order valence-electron chi connectivity index (χ4n) is 1.64. The highest BCUT2D eigenvalue weighted by atomic mass is 35.5. The van der Waals surface area contributed by atoms with Gasteiger partial charge in [0.25, 0.3) is 5.91 Å². The topological polar surface area (TPSA) is 85.6 Å². The summed E-state index contributed by atoms with van der Waals surface area (Å²) in [5.41, 5.74) is 0. The first-order chi connectivity index (χ1) is 10.5. The Morgan fingerprint density at radius 2 is 2.27 bits per heavy atom. The molecule has 7 nitrogen and oxygen atoms in total. The normalized spacial score (nSPS) is 10.3. The van der Waals surface area contributed by atoms with Gasteiger partial charge in [-0.25, -0.2) is 0 Å². The lowest BCUT2D eigenvalue weighted by atomic mass is 10.4. The molecule has 0 spiro atoms. The van der Waals surface area contributed by atoms with Crippen molar-refractivity contribution < 1.29 is 14.5 Å². The average Bonchev–Trinajstić information content (AvgIpc) is 2.90. The third kappa shape index (κ3) is 4.15. The maximum atomic E-state index is 12.0. The fraction of sp³-hybridized carbons (Fsp3) is 0.231. The van der Waals surface area contributed by atoms with Crippen LogP contribution in [0.3, 0.4) is 0 Å². The van der Waals surface area contributed by atoms with Crippen LogP contribution in [0, 0.1) is 10.1 Å². The van der Waals surface area contributed by atoms with Gasteiger partial charge in [0.2, 0.25) is 5.75 Å². The predicted molar refractivity (Wildman–Crippen MR) is 82.2 cm³/mol. The average molecular weight is 342 g/mol. The summed E-state index contributed by atoms with van der Waals surface area (Å²) in [4.78, 5) is 28.1.